The Balaban J connectivity index is 2.83. The van der Waals surface area contributed by atoms with Crippen molar-refractivity contribution in [1.29, 1.82) is 0 Å². The molecule has 0 saturated heterocycles. The van der Waals surface area contributed by atoms with E-state index in [0.29, 0.717) is 6.54 Å². The van der Waals surface area contributed by atoms with Crippen LogP contribution in [-0.4, -0.2) is 29.7 Å². The summed E-state index contributed by atoms with van der Waals surface area (Å²) in [5.41, 5.74) is -0.225. The zero-order chi connectivity index (χ0) is 12.1. The Kier molecular flexibility index (Phi) is 4.86. The summed E-state index contributed by atoms with van der Waals surface area (Å²) in [7, 11) is 1.56. The molecule has 0 heterocycles. The maximum atomic E-state index is 13.3. The molecule has 1 amide bonds. The molecule has 0 aliphatic heterocycles. The molecular formula is C11H12BrF2NO. The summed E-state index contributed by atoms with van der Waals surface area (Å²) in [6.07, 6.45) is 0.763. The van der Waals surface area contributed by atoms with Crippen LogP contribution in [0.25, 0.3) is 0 Å². The first-order valence-corrected chi connectivity index (χ1v) is 5.95. The number of carbonyl (C=O) groups excluding carboxylic acids is 1. The van der Waals surface area contributed by atoms with Crippen molar-refractivity contribution < 1.29 is 13.6 Å². The predicted octanol–water partition coefficient (Wildman–Crippen LogP) is 2.82. The molecule has 1 rings (SSSR count). The highest BCUT2D eigenvalue weighted by Gasteiger charge is 2.16. The fraction of sp³-hybridized carbons (Fsp3) is 0.364. The normalized spacial score (nSPS) is 10.2. The van der Waals surface area contributed by atoms with E-state index in [1.165, 1.54) is 4.90 Å². The number of benzene rings is 1. The molecule has 1 aromatic carbocycles. The summed E-state index contributed by atoms with van der Waals surface area (Å²) < 4.78 is 26.2. The number of halogens is 3. The lowest BCUT2D eigenvalue weighted by Gasteiger charge is -2.16. The van der Waals surface area contributed by atoms with E-state index >= 15 is 0 Å². The Morgan fingerprint density at radius 2 is 2.12 bits per heavy atom. The van der Waals surface area contributed by atoms with Crippen molar-refractivity contribution in [3.8, 4) is 0 Å². The number of alkyl halides is 1. The van der Waals surface area contributed by atoms with Gasteiger partial charge in [0.15, 0.2) is 0 Å². The van der Waals surface area contributed by atoms with Crippen LogP contribution in [0.4, 0.5) is 8.78 Å². The third kappa shape index (κ3) is 3.27. The number of nitrogens with zero attached hydrogens (tertiary/aromatic N) is 1. The average Bonchev–Trinajstić information content (AvgIpc) is 2.28. The highest BCUT2D eigenvalue weighted by atomic mass is 79.9. The summed E-state index contributed by atoms with van der Waals surface area (Å²) in [6.45, 7) is 0.500. The Morgan fingerprint density at radius 1 is 1.44 bits per heavy atom. The Bertz CT molecular complexity index is 384. The van der Waals surface area contributed by atoms with Crippen molar-refractivity contribution in [1.82, 2.24) is 4.90 Å². The minimum Gasteiger partial charge on any atom is -0.342 e. The van der Waals surface area contributed by atoms with Gasteiger partial charge in [0.1, 0.15) is 11.6 Å². The first-order valence-electron chi connectivity index (χ1n) is 4.82. The molecule has 0 atom stereocenters. The van der Waals surface area contributed by atoms with Gasteiger partial charge in [-0.05, 0) is 24.6 Å². The minimum atomic E-state index is -0.697. The molecule has 88 valence electrons. The van der Waals surface area contributed by atoms with Crippen molar-refractivity contribution in [2.75, 3.05) is 18.9 Å². The summed E-state index contributed by atoms with van der Waals surface area (Å²) in [4.78, 5) is 13.1. The van der Waals surface area contributed by atoms with Crippen LogP contribution in [0.1, 0.15) is 16.8 Å². The van der Waals surface area contributed by atoms with Gasteiger partial charge in [0, 0.05) is 18.9 Å². The van der Waals surface area contributed by atoms with Crippen LogP contribution < -0.4 is 0 Å². The van der Waals surface area contributed by atoms with Crippen molar-refractivity contribution >= 4 is 21.8 Å². The molecule has 0 aliphatic carbocycles. The van der Waals surface area contributed by atoms with Gasteiger partial charge >= 0.3 is 0 Å². The molecule has 1 aromatic rings. The summed E-state index contributed by atoms with van der Waals surface area (Å²) >= 11 is 3.24. The number of rotatable bonds is 4. The average molecular weight is 292 g/mol. The molecule has 0 bridgehead atoms. The smallest absolute Gasteiger partial charge is 0.256 e. The Labute approximate surface area is 101 Å². The van der Waals surface area contributed by atoms with Crippen LogP contribution in [0.2, 0.25) is 0 Å². The summed E-state index contributed by atoms with van der Waals surface area (Å²) in [5.74, 6) is -1.81. The molecule has 0 N–H and O–H groups in total. The van der Waals surface area contributed by atoms with Crippen molar-refractivity contribution in [2.24, 2.45) is 0 Å². The van der Waals surface area contributed by atoms with E-state index in [0.717, 1.165) is 30.0 Å². The van der Waals surface area contributed by atoms with E-state index in [-0.39, 0.29) is 5.56 Å². The van der Waals surface area contributed by atoms with Crippen LogP contribution in [0, 0.1) is 11.6 Å². The summed E-state index contributed by atoms with van der Waals surface area (Å²) in [6, 6.07) is 2.87. The molecule has 0 unspecified atom stereocenters. The monoisotopic (exact) mass is 291 g/mol. The topological polar surface area (TPSA) is 20.3 Å². The van der Waals surface area contributed by atoms with Crippen molar-refractivity contribution in [3.63, 3.8) is 0 Å². The minimum absolute atomic E-state index is 0.225. The molecule has 0 fully saturated rings. The highest BCUT2D eigenvalue weighted by molar-refractivity contribution is 9.09. The molecule has 0 radical (unpaired) electrons. The van der Waals surface area contributed by atoms with Crippen LogP contribution >= 0.6 is 15.9 Å². The number of hydrogen-bond donors (Lipinski definition) is 0. The fourth-order valence-electron chi connectivity index (χ4n) is 1.27. The lowest BCUT2D eigenvalue weighted by Crippen LogP contribution is -2.28. The van der Waals surface area contributed by atoms with Crippen LogP contribution in [0.3, 0.4) is 0 Å². The second-order valence-electron chi connectivity index (χ2n) is 3.39. The largest absolute Gasteiger partial charge is 0.342 e. The first-order chi connectivity index (χ1) is 7.56. The lowest BCUT2D eigenvalue weighted by molar-refractivity contribution is 0.0790. The predicted molar refractivity (Wildman–Crippen MR) is 61.7 cm³/mol. The van der Waals surface area contributed by atoms with E-state index in [4.69, 9.17) is 0 Å². The molecule has 0 spiro atoms. The van der Waals surface area contributed by atoms with Crippen LogP contribution in [0.15, 0.2) is 18.2 Å². The van der Waals surface area contributed by atoms with E-state index in [9.17, 15) is 13.6 Å². The molecular weight excluding hydrogens is 280 g/mol. The summed E-state index contributed by atoms with van der Waals surface area (Å²) in [5, 5.41) is 0.760. The first kappa shape index (κ1) is 13.1. The number of amides is 1. The van der Waals surface area contributed by atoms with E-state index < -0.39 is 17.5 Å². The van der Waals surface area contributed by atoms with E-state index in [2.05, 4.69) is 15.9 Å². The van der Waals surface area contributed by atoms with Gasteiger partial charge in [0.2, 0.25) is 0 Å². The van der Waals surface area contributed by atoms with E-state index in [1.807, 2.05) is 0 Å². The molecule has 0 aromatic heterocycles. The van der Waals surface area contributed by atoms with Gasteiger partial charge in [-0.2, -0.15) is 0 Å². The van der Waals surface area contributed by atoms with Crippen LogP contribution in [0.5, 0.6) is 0 Å². The van der Waals surface area contributed by atoms with Crippen LogP contribution in [-0.2, 0) is 0 Å². The van der Waals surface area contributed by atoms with Gasteiger partial charge < -0.3 is 4.90 Å². The lowest BCUT2D eigenvalue weighted by atomic mass is 10.2. The Hall–Kier alpha value is -0.970. The van der Waals surface area contributed by atoms with Gasteiger partial charge in [-0.25, -0.2) is 8.78 Å². The molecule has 16 heavy (non-hydrogen) atoms. The molecule has 0 aliphatic rings. The Morgan fingerprint density at radius 3 is 2.75 bits per heavy atom. The highest BCUT2D eigenvalue weighted by Crippen LogP contribution is 2.12. The maximum Gasteiger partial charge on any atom is 0.256 e. The number of hydrogen-bond acceptors (Lipinski definition) is 1. The third-order valence-electron chi connectivity index (χ3n) is 2.13. The van der Waals surface area contributed by atoms with E-state index in [1.54, 1.807) is 7.05 Å². The second kappa shape index (κ2) is 5.94. The van der Waals surface area contributed by atoms with Gasteiger partial charge in [0.05, 0.1) is 5.56 Å². The zero-order valence-electron chi connectivity index (χ0n) is 8.84. The van der Waals surface area contributed by atoms with Gasteiger partial charge in [-0.1, -0.05) is 15.9 Å². The van der Waals surface area contributed by atoms with Gasteiger partial charge in [-0.15, -0.1) is 0 Å². The SMILES string of the molecule is CN(CCCBr)C(=O)c1cc(F)ccc1F. The van der Waals surface area contributed by atoms with Crippen molar-refractivity contribution in [2.45, 2.75) is 6.42 Å². The van der Waals surface area contributed by atoms with Gasteiger partial charge in [0.25, 0.3) is 5.91 Å². The standard InChI is InChI=1S/C11H12BrF2NO/c1-15(6-2-5-12)11(16)9-7-8(13)3-4-10(9)14/h3-4,7H,2,5-6H2,1H3. The fourth-order valence-corrected chi connectivity index (χ4v) is 1.52. The van der Waals surface area contributed by atoms with Crippen molar-refractivity contribution in [3.05, 3.63) is 35.4 Å². The molecule has 2 nitrogen and oxygen atoms in total. The zero-order valence-corrected chi connectivity index (χ0v) is 10.4. The molecule has 5 heteroatoms. The quantitative estimate of drug-likeness (QED) is 0.781. The molecule has 0 saturated carbocycles. The number of carbonyl (C=O) groups is 1. The maximum absolute atomic E-state index is 13.3. The third-order valence-corrected chi connectivity index (χ3v) is 2.69. The second-order valence-corrected chi connectivity index (χ2v) is 4.19. The van der Waals surface area contributed by atoms with Gasteiger partial charge in [-0.3, -0.25) is 4.79 Å².